The molecule has 0 aliphatic carbocycles. The van der Waals surface area contributed by atoms with Crippen LogP contribution in [-0.4, -0.2) is 41.6 Å². The van der Waals surface area contributed by atoms with E-state index in [0.29, 0.717) is 28.9 Å². The Kier molecular flexibility index (Phi) is 5.22. The lowest BCUT2D eigenvalue weighted by molar-refractivity contribution is -0.116. The van der Waals surface area contributed by atoms with Gasteiger partial charge in [0.2, 0.25) is 5.91 Å². The fourth-order valence-electron chi connectivity index (χ4n) is 4.28. The average molecular weight is 439 g/mol. The van der Waals surface area contributed by atoms with E-state index in [2.05, 4.69) is 5.32 Å². The zero-order valence-electron chi connectivity index (χ0n) is 17.8. The van der Waals surface area contributed by atoms with E-state index in [9.17, 15) is 19.2 Å². The van der Waals surface area contributed by atoms with Crippen molar-refractivity contribution in [2.75, 3.05) is 23.3 Å². The van der Waals surface area contributed by atoms with Crippen molar-refractivity contribution < 1.29 is 19.2 Å². The summed E-state index contributed by atoms with van der Waals surface area (Å²) in [6.07, 6.45) is 0.819. The normalized spacial score (nSPS) is 14.3. The number of rotatable bonds is 5. The van der Waals surface area contributed by atoms with E-state index < -0.39 is 0 Å². The van der Waals surface area contributed by atoms with Crippen LogP contribution in [0.25, 0.3) is 0 Å². The van der Waals surface area contributed by atoms with Gasteiger partial charge in [-0.25, -0.2) is 0 Å². The van der Waals surface area contributed by atoms with Crippen molar-refractivity contribution in [3.63, 3.8) is 0 Å². The number of carbonyl (C=O) groups is 4. The molecule has 2 heterocycles. The lowest BCUT2D eigenvalue weighted by Gasteiger charge is -2.17. The number of hydrogen-bond donors (Lipinski definition) is 1. The van der Waals surface area contributed by atoms with Gasteiger partial charge in [0.15, 0.2) is 0 Å². The Bertz CT molecular complexity index is 1250. The van der Waals surface area contributed by atoms with Crippen LogP contribution < -0.4 is 10.2 Å². The monoisotopic (exact) mass is 439 g/mol. The maximum absolute atomic E-state index is 12.9. The topological polar surface area (TPSA) is 86.8 Å². The molecule has 0 unspecified atom stereocenters. The third-order valence-electron chi connectivity index (χ3n) is 5.99. The third-order valence-corrected chi connectivity index (χ3v) is 5.99. The summed E-state index contributed by atoms with van der Waals surface area (Å²) in [5, 5.41) is 2.75. The summed E-state index contributed by atoms with van der Waals surface area (Å²) in [7, 11) is 0. The molecule has 3 aromatic rings. The first-order valence-electron chi connectivity index (χ1n) is 10.8. The maximum Gasteiger partial charge on any atom is 0.261 e. The third kappa shape index (κ3) is 3.78. The summed E-state index contributed by atoms with van der Waals surface area (Å²) in [5.74, 6) is -1.16. The van der Waals surface area contributed by atoms with Crippen LogP contribution in [-0.2, 0) is 11.2 Å². The van der Waals surface area contributed by atoms with Gasteiger partial charge in [0.05, 0.1) is 11.1 Å². The standard InChI is InChI=1S/C26H21N3O4/c30-23(14-16-29-25(32)20-6-2-3-7-21(20)26(29)33)27-19-11-9-18(10-12-19)24(31)28-15-13-17-5-1-4-8-22(17)28/h1-12H,13-16H2,(H,27,30). The lowest BCUT2D eigenvalue weighted by Crippen LogP contribution is -2.32. The summed E-state index contributed by atoms with van der Waals surface area (Å²) < 4.78 is 0. The molecule has 1 N–H and O–H groups in total. The Morgan fingerprint density at radius 3 is 2.15 bits per heavy atom. The molecule has 7 nitrogen and oxygen atoms in total. The molecule has 164 valence electrons. The van der Waals surface area contributed by atoms with Crippen LogP contribution in [0.15, 0.2) is 72.8 Å². The quantitative estimate of drug-likeness (QED) is 0.617. The predicted molar refractivity (Wildman–Crippen MR) is 123 cm³/mol. The van der Waals surface area contributed by atoms with Crippen molar-refractivity contribution in [2.24, 2.45) is 0 Å². The zero-order chi connectivity index (χ0) is 22.9. The van der Waals surface area contributed by atoms with Gasteiger partial charge in [0.1, 0.15) is 0 Å². The number of nitrogens with one attached hydrogen (secondary N) is 1. The molecule has 33 heavy (non-hydrogen) atoms. The van der Waals surface area contributed by atoms with Gasteiger partial charge in [-0.05, 0) is 54.4 Å². The number of amides is 4. The van der Waals surface area contributed by atoms with Gasteiger partial charge in [-0.2, -0.15) is 0 Å². The number of carbonyl (C=O) groups excluding carboxylic acids is 4. The molecule has 2 aliphatic heterocycles. The second kappa shape index (κ2) is 8.35. The molecule has 7 heteroatoms. The van der Waals surface area contributed by atoms with Gasteiger partial charge in [0, 0.05) is 36.4 Å². The second-order valence-electron chi connectivity index (χ2n) is 8.02. The van der Waals surface area contributed by atoms with Gasteiger partial charge >= 0.3 is 0 Å². The van der Waals surface area contributed by atoms with Crippen LogP contribution in [0.4, 0.5) is 11.4 Å². The SMILES string of the molecule is O=C(CCN1C(=O)c2ccccc2C1=O)Nc1ccc(C(=O)N2CCc3ccccc32)cc1. The van der Waals surface area contributed by atoms with E-state index in [1.54, 1.807) is 53.4 Å². The van der Waals surface area contributed by atoms with E-state index in [1.807, 2.05) is 24.3 Å². The zero-order valence-corrected chi connectivity index (χ0v) is 17.8. The number of nitrogens with zero attached hydrogens (tertiary/aromatic N) is 2. The van der Waals surface area contributed by atoms with E-state index in [0.717, 1.165) is 22.6 Å². The van der Waals surface area contributed by atoms with Crippen molar-refractivity contribution >= 4 is 35.0 Å². The van der Waals surface area contributed by atoms with Crippen molar-refractivity contribution in [1.82, 2.24) is 4.90 Å². The second-order valence-corrected chi connectivity index (χ2v) is 8.02. The van der Waals surface area contributed by atoms with Gasteiger partial charge in [-0.1, -0.05) is 30.3 Å². The Morgan fingerprint density at radius 1 is 0.818 bits per heavy atom. The first-order valence-corrected chi connectivity index (χ1v) is 10.8. The lowest BCUT2D eigenvalue weighted by atomic mass is 10.1. The number of imide groups is 1. The van der Waals surface area contributed by atoms with Crippen molar-refractivity contribution in [2.45, 2.75) is 12.8 Å². The number of hydrogen-bond acceptors (Lipinski definition) is 4. The van der Waals surface area contributed by atoms with Crippen LogP contribution in [0.2, 0.25) is 0 Å². The molecule has 0 bridgehead atoms. The van der Waals surface area contributed by atoms with Gasteiger partial charge < -0.3 is 10.2 Å². The number of fused-ring (bicyclic) bond motifs is 2. The summed E-state index contributed by atoms with van der Waals surface area (Å²) in [6, 6.07) is 21.2. The Morgan fingerprint density at radius 2 is 1.45 bits per heavy atom. The van der Waals surface area contributed by atoms with Gasteiger partial charge in [0.25, 0.3) is 17.7 Å². The predicted octanol–water partition coefficient (Wildman–Crippen LogP) is 3.51. The number of anilines is 2. The van der Waals surface area contributed by atoms with Crippen molar-refractivity contribution in [3.8, 4) is 0 Å². The molecule has 0 fully saturated rings. The molecule has 0 saturated heterocycles. The molecule has 0 atom stereocenters. The Labute approximate surface area is 190 Å². The highest BCUT2D eigenvalue weighted by Gasteiger charge is 2.35. The van der Waals surface area contributed by atoms with Gasteiger partial charge in [-0.15, -0.1) is 0 Å². The molecule has 0 spiro atoms. The minimum absolute atomic E-state index is 0.00309. The van der Waals surface area contributed by atoms with Crippen LogP contribution in [0.5, 0.6) is 0 Å². The van der Waals surface area contributed by atoms with Crippen molar-refractivity contribution in [3.05, 3.63) is 95.1 Å². The minimum atomic E-state index is -0.380. The van der Waals surface area contributed by atoms with Gasteiger partial charge in [-0.3, -0.25) is 24.1 Å². The van der Waals surface area contributed by atoms with E-state index >= 15 is 0 Å². The highest BCUT2D eigenvalue weighted by atomic mass is 16.2. The summed E-state index contributed by atoms with van der Waals surface area (Å²) >= 11 is 0. The summed E-state index contributed by atoms with van der Waals surface area (Å²) in [6.45, 7) is 0.650. The van der Waals surface area contributed by atoms with Crippen LogP contribution in [0, 0.1) is 0 Å². The smallest absolute Gasteiger partial charge is 0.261 e. The number of para-hydroxylation sites is 1. The summed E-state index contributed by atoms with van der Waals surface area (Å²) in [4.78, 5) is 53.0. The first kappa shape index (κ1) is 20.6. The number of benzene rings is 3. The van der Waals surface area contributed by atoms with Crippen LogP contribution >= 0.6 is 0 Å². The molecule has 5 rings (SSSR count). The van der Waals surface area contributed by atoms with E-state index in [1.165, 1.54) is 0 Å². The molecule has 0 radical (unpaired) electrons. The van der Waals surface area contributed by atoms with Crippen LogP contribution in [0.3, 0.4) is 0 Å². The van der Waals surface area contributed by atoms with Crippen LogP contribution in [0.1, 0.15) is 43.1 Å². The highest BCUT2D eigenvalue weighted by Crippen LogP contribution is 2.29. The highest BCUT2D eigenvalue weighted by molar-refractivity contribution is 6.21. The molecule has 4 amide bonds. The molecular formula is C26H21N3O4. The molecule has 2 aliphatic rings. The summed E-state index contributed by atoms with van der Waals surface area (Å²) in [5.41, 5.74) is 3.91. The molecule has 3 aromatic carbocycles. The fraction of sp³-hybridized carbons (Fsp3) is 0.154. The Balaban J connectivity index is 1.18. The first-order chi connectivity index (χ1) is 16.0. The Hall–Kier alpha value is -4.26. The van der Waals surface area contributed by atoms with E-state index in [-0.39, 0.29) is 36.6 Å². The largest absolute Gasteiger partial charge is 0.326 e. The van der Waals surface area contributed by atoms with Crippen molar-refractivity contribution in [1.29, 1.82) is 0 Å². The molecular weight excluding hydrogens is 418 g/mol. The molecule has 0 aromatic heterocycles. The minimum Gasteiger partial charge on any atom is -0.326 e. The maximum atomic E-state index is 12.9. The fourth-order valence-corrected chi connectivity index (χ4v) is 4.28. The average Bonchev–Trinajstić information content (AvgIpc) is 3.37. The molecule has 0 saturated carbocycles. The van der Waals surface area contributed by atoms with E-state index in [4.69, 9.17) is 0 Å².